The van der Waals surface area contributed by atoms with Gasteiger partial charge in [0.05, 0.1) is 0 Å². The van der Waals surface area contributed by atoms with Crippen molar-refractivity contribution in [2.75, 3.05) is 40.4 Å². The maximum absolute atomic E-state index is 5.17. The molecular formula is C17H34N2O. The first-order chi connectivity index (χ1) is 9.63. The van der Waals surface area contributed by atoms with Crippen molar-refractivity contribution in [1.29, 1.82) is 0 Å². The Morgan fingerprint density at radius 3 is 2.75 bits per heavy atom. The van der Waals surface area contributed by atoms with Crippen molar-refractivity contribution in [1.82, 2.24) is 10.2 Å². The predicted molar refractivity (Wildman–Crippen MR) is 85.1 cm³/mol. The van der Waals surface area contributed by atoms with Gasteiger partial charge < -0.3 is 15.0 Å². The van der Waals surface area contributed by atoms with Crippen LogP contribution in [0.1, 0.15) is 51.9 Å². The first kappa shape index (κ1) is 16.3. The molecule has 3 nitrogen and oxygen atoms in total. The second-order valence-electron chi connectivity index (χ2n) is 7.44. The Labute approximate surface area is 125 Å². The fraction of sp³-hybridized carbons (Fsp3) is 1.00. The van der Waals surface area contributed by atoms with Crippen molar-refractivity contribution < 1.29 is 4.74 Å². The van der Waals surface area contributed by atoms with Gasteiger partial charge in [0.1, 0.15) is 0 Å². The molecule has 0 saturated heterocycles. The molecule has 0 radical (unpaired) electrons. The van der Waals surface area contributed by atoms with Crippen LogP contribution in [0.15, 0.2) is 0 Å². The van der Waals surface area contributed by atoms with Crippen LogP contribution >= 0.6 is 0 Å². The Morgan fingerprint density at radius 2 is 2.10 bits per heavy atom. The van der Waals surface area contributed by atoms with Crippen molar-refractivity contribution in [2.45, 2.75) is 57.9 Å². The number of methoxy groups -OCH3 is 1. The van der Waals surface area contributed by atoms with E-state index in [4.69, 9.17) is 4.74 Å². The molecule has 0 heterocycles. The van der Waals surface area contributed by atoms with E-state index >= 15 is 0 Å². The molecule has 2 fully saturated rings. The van der Waals surface area contributed by atoms with Gasteiger partial charge in [-0.15, -0.1) is 0 Å². The van der Waals surface area contributed by atoms with Gasteiger partial charge in [-0.05, 0) is 50.5 Å². The number of hydrogen-bond acceptors (Lipinski definition) is 3. The van der Waals surface area contributed by atoms with Gasteiger partial charge in [0, 0.05) is 39.4 Å². The van der Waals surface area contributed by atoms with Crippen molar-refractivity contribution in [3.63, 3.8) is 0 Å². The van der Waals surface area contributed by atoms with E-state index in [0.29, 0.717) is 5.41 Å². The third-order valence-electron chi connectivity index (χ3n) is 5.02. The molecule has 20 heavy (non-hydrogen) atoms. The van der Waals surface area contributed by atoms with Gasteiger partial charge in [-0.1, -0.05) is 19.8 Å². The Balaban J connectivity index is 1.83. The summed E-state index contributed by atoms with van der Waals surface area (Å²) < 4.78 is 5.17. The van der Waals surface area contributed by atoms with Gasteiger partial charge in [0.15, 0.2) is 0 Å². The third kappa shape index (κ3) is 5.34. The number of rotatable bonds is 9. The molecule has 0 aromatic rings. The Kier molecular flexibility index (Phi) is 6.31. The summed E-state index contributed by atoms with van der Waals surface area (Å²) in [6.45, 7) is 6.97. The first-order valence-corrected chi connectivity index (χ1v) is 8.54. The largest absolute Gasteiger partial charge is 0.385 e. The quantitative estimate of drug-likeness (QED) is 0.658. The zero-order chi connectivity index (χ0) is 14.4. The van der Waals surface area contributed by atoms with Gasteiger partial charge in [-0.3, -0.25) is 0 Å². The molecular weight excluding hydrogens is 248 g/mol. The predicted octanol–water partition coefficient (Wildman–Crippen LogP) is 2.90. The van der Waals surface area contributed by atoms with E-state index in [0.717, 1.165) is 31.5 Å². The topological polar surface area (TPSA) is 24.5 Å². The Morgan fingerprint density at radius 1 is 1.30 bits per heavy atom. The molecule has 2 rings (SSSR count). The fourth-order valence-electron chi connectivity index (χ4n) is 3.91. The molecule has 0 bridgehead atoms. The Hall–Kier alpha value is -0.120. The molecule has 3 heteroatoms. The molecule has 2 aliphatic rings. The second kappa shape index (κ2) is 7.77. The molecule has 0 amide bonds. The SMILES string of the molecule is COCCCN(C)CC1(CNC2CC2)CCCC(C)C1. The summed E-state index contributed by atoms with van der Waals surface area (Å²) in [5, 5.41) is 3.81. The zero-order valence-corrected chi connectivity index (χ0v) is 13.8. The van der Waals surface area contributed by atoms with E-state index in [1.807, 2.05) is 0 Å². The molecule has 2 atom stereocenters. The number of nitrogens with one attached hydrogen (secondary N) is 1. The van der Waals surface area contributed by atoms with Crippen LogP contribution in [-0.2, 0) is 4.74 Å². The number of hydrogen-bond donors (Lipinski definition) is 1. The van der Waals surface area contributed by atoms with Crippen LogP contribution in [0.4, 0.5) is 0 Å². The summed E-state index contributed by atoms with van der Waals surface area (Å²) in [5.74, 6) is 0.900. The van der Waals surface area contributed by atoms with Gasteiger partial charge in [-0.25, -0.2) is 0 Å². The van der Waals surface area contributed by atoms with Gasteiger partial charge in [0.2, 0.25) is 0 Å². The van der Waals surface area contributed by atoms with E-state index in [1.54, 1.807) is 7.11 Å². The first-order valence-electron chi connectivity index (χ1n) is 8.54. The lowest BCUT2D eigenvalue weighted by Gasteiger charge is -2.43. The molecule has 0 spiro atoms. The zero-order valence-electron chi connectivity index (χ0n) is 13.8. The van der Waals surface area contributed by atoms with Crippen LogP contribution in [0.25, 0.3) is 0 Å². The molecule has 2 aliphatic carbocycles. The number of ether oxygens (including phenoxy) is 1. The molecule has 1 N–H and O–H groups in total. The minimum Gasteiger partial charge on any atom is -0.385 e. The summed E-state index contributed by atoms with van der Waals surface area (Å²) in [6.07, 6.45) is 9.60. The minimum atomic E-state index is 0.516. The third-order valence-corrected chi connectivity index (χ3v) is 5.02. The Bertz CT molecular complexity index is 280. The highest BCUT2D eigenvalue weighted by Gasteiger charge is 2.37. The average Bonchev–Trinajstić information content (AvgIpc) is 3.21. The van der Waals surface area contributed by atoms with Crippen LogP contribution in [0.3, 0.4) is 0 Å². The molecule has 0 aromatic heterocycles. The molecule has 2 unspecified atom stereocenters. The lowest BCUT2D eigenvalue weighted by atomic mass is 9.69. The molecule has 0 aliphatic heterocycles. The van der Waals surface area contributed by atoms with Crippen molar-refractivity contribution in [3.05, 3.63) is 0 Å². The molecule has 0 aromatic carbocycles. The van der Waals surface area contributed by atoms with Crippen LogP contribution in [0, 0.1) is 11.3 Å². The lowest BCUT2D eigenvalue weighted by Crippen LogP contribution is -2.46. The van der Waals surface area contributed by atoms with E-state index in [-0.39, 0.29) is 0 Å². The normalized spacial score (nSPS) is 30.9. The highest BCUT2D eigenvalue weighted by atomic mass is 16.5. The van der Waals surface area contributed by atoms with Crippen molar-refractivity contribution in [3.8, 4) is 0 Å². The summed E-state index contributed by atoms with van der Waals surface area (Å²) >= 11 is 0. The van der Waals surface area contributed by atoms with E-state index in [2.05, 4.69) is 24.2 Å². The average molecular weight is 282 g/mol. The summed E-state index contributed by atoms with van der Waals surface area (Å²) in [4.78, 5) is 2.53. The van der Waals surface area contributed by atoms with Gasteiger partial charge in [0.25, 0.3) is 0 Å². The smallest absolute Gasteiger partial charge is 0.0474 e. The van der Waals surface area contributed by atoms with Gasteiger partial charge >= 0.3 is 0 Å². The lowest BCUT2D eigenvalue weighted by molar-refractivity contribution is 0.0859. The van der Waals surface area contributed by atoms with E-state index in [9.17, 15) is 0 Å². The second-order valence-corrected chi connectivity index (χ2v) is 7.44. The van der Waals surface area contributed by atoms with Crippen LogP contribution in [0.2, 0.25) is 0 Å². The van der Waals surface area contributed by atoms with E-state index in [1.165, 1.54) is 51.6 Å². The number of nitrogens with zero attached hydrogens (tertiary/aromatic N) is 1. The maximum Gasteiger partial charge on any atom is 0.0474 e. The monoisotopic (exact) mass is 282 g/mol. The van der Waals surface area contributed by atoms with Gasteiger partial charge in [-0.2, -0.15) is 0 Å². The van der Waals surface area contributed by atoms with Crippen molar-refractivity contribution >= 4 is 0 Å². The minimum absolute atomic E-state index is 0.516. The summed E-state index contributed by atoms with van der Waals surface area (Å²) in [6, 6.07) is 0.836. The van der Waals surface area contributed by atoms with Crippen LogP contribution < -0.4 is 5.32 Å². The standard InChI is InChI=1S/C17H34N2O/c1-15-6-4-9-17(12-15,13-18-16-7-8-16)14-19(2)10-5-11-20-3/h15-16,18H,4-14H2,1-3H3. The van der Waals surface area contributed by atoms with Crippen LogP contribution in [-0.4, -0.2) is 51.3 Å². The van der Waals surface area contributed by atoms with Crippen LogP contribution in [0.5, 0.6) is 0 Å². The molecule has 2 saturated carbocycles. The summed E-state index contributed by atoms with van der Waals surface area (Å²) in [7, 11) is 4.08. The summed E-state index contributed by atoms with van der Waals surface area (Å²) in [5.41, 5.74) is 0.516. The highest BCUT2D eigenvalue weighted by molar-refractivity contribution is 4.92. The molecule has 118 valence electrons. The fourth-order valence-corrected chi connectivity index (χ4v) is 3.91. The van der Waals surface area contributed by atoms with Crippen molar-refractivity contribution in [2.24, 2.45) is 11.3 Å². The maximum atomic E-state index is 5.17. The van der Waals surface area contributed by atoms with E-state index < -0.39 is 0 Å². The highest BCUT2D eigenvalue weighted by Crippen LogP contribution is 2.40.